The minimum atomic E-state index is 0.542. The Kier molecular flexibility index (Phi) is 5.34. The minimum Gasteiger partial charge on any atom is -0.365 e. The molecule has 2 unspecified atom stereocenters. The maximum absolute atomic E-state index is 6.22. The maximum atomic E-state index is 6.22. The summed E-state index contributed by atoms with van der Waals surface area (Å²) in [5.74, 6) is 0.628. The third-order valence-corrected chi connectivity index (χ3v) is 4.56. The lowest BCUT2D eigenvalue weighted by Gasteiger charge is -2.44. The van der Waals surface area contributed by atoms with E-state index in [-0.39, 0.29) is 0 Å². The molecule has 2 rings (SSSR count). The van der Waals surface area contributed by atoms with Gasteiger partial charge in [0.2, 0.25) is 0 Å². The molecule has 2 atom stereocenters. The number of nitrogens with zero attached hydrogens (tertiary/aromatic N) is 1. The molecule has 1 fully saturated rings. The molecule has 0 saturated carbocycles. The molecule has 1 N–H and O–H groups in total. The van der Waals surface area contributed by atoms with E-state index in [0.29, 0.717) is 18.0 Å². The summed E-state index contributed by atoms with van der Waals surface area (Å²) in [5, 5.41) is 4.54. The fraction of sp³-hybridized carbons (Fsp3) is 0.647. The van der Waals surface area contributed by atoms with Crippen LogP contribution in [0, 0.1) is 12.8 Å². The number of nitrogens with one attached hydrogen (secondary N) is 1. The molecule has 20 heavy (non-hydrogen) atoms. The second kappa shape index (κ2) is 6.82. The van der Waals surface area contributed by atoms with Gasteiger partial charge in [-0.3, -0.25) is 0 Å². The van der Waals surface area contributed by atoms with Gasteiger partial charge in [-0.2, -0.15) is 0 Å². The molecule has 1 aromatic carbocycles. The van der Waals surface area contributed by atoms with Gasteiger partial charge in [-0.05, 0) is 37.0 Å². The van der Waals surface area contributed by atoms with E-state index in [1.807, 2.05) is 6.07 Å². The molecule has 112 valence electrons. The number of rotatable bonds is 4. The topological polar surface area (TPSA) is 15.3 Å². The Labute approximate surface area is 128 Å². The van der Waals surface area contributed by atoms with Gasteiger partial charge in [-0.25, -0.2) is 0 Å². The van der Waals surface area contributed by atoms with E-state index in [1.54, 1.807) is 0 Å². The van der Waals surface area contributed by atoms with Crippen molar-refractivity contribution in [1.29, 1.82) is 0 Å². The van der Waals surface area contributed by atoms with Crippen LogP contribution in [0.25, 0.3) is 0 Å². The van der Waals surface area contributed by atoms with Gasteiger partial charge in [-0.1, -0.05) is 44.9 Å². The van der Waals surface area contributed by atoms with Crippen molar-refractivity contribution in [2.24, 2.45) is 5.92 Å². The molecule has 0 radical (unpaired) electrons. The van der Waals surface area contributed by atoms with Gasteiger partial charge < -0.3 is 10.2 Å². The highest BCUT2D eigenvalue weighted by Gasteiger charge is 2.30. The lowest BCUT2D eigenvalue weighted by atomic mass is 9.95. The highest BCUT2D eigenvalue weighted by molar-refractivity contribution is 6.30. The summed E-state index contributed by atoms with van der Waals surface area (Å²) < 4.78 is 0. The van der Waals surface area contributed by atoms with Crippen molar-refractivity contribution in [1.82, 2.24) is 5.32 Å². The number of halogens is 1. The van der Waals surface area contributed by atoms with Crippen molar-refractivity contribution in [2.45, 2.75) is 52.6 Å². The highest BCUT2D eigenvalue weighted by atomic mass is 35.5. The standard InChI is InChI=1S/C17H27ClN2/c1-5-6-15-11-20(17(10-19-15)12(2)3)16-9-14(18)8-7-13(16)4/h7-9,12,15,17,19H,5-6,10-11H2,1-4H3. The largest absolute Gasteiger partial charge is 0.365 e. The van der Waals surface area contributed by atoms with Gasteiger partial charge in [0.25, 0.3) is 0 Å². The Morgan fingerprint density at radius 2 is 2.15 bits per heavy atom. The van der Waals surface area contributed by atoms with Crippen LogP contribution in [0.1, 0.15) is 39.2 Å². The smallest absolute Gasteiger partial charge is 0.0438 e. The lowest BCUT2D eigenvalue weighted by molar-refractivity contribution is 0.327. The van der Waals surface area contributed by atoms with Gasteiger partial charge in [0.15, 0.2) is 0 Å². The number of hydrogen-bond acceptors (Lipinski definition) is 2. The summed E-state index contributed by atoms with van der Waals surface area (Å²) in [7, 11) is 0. The third kappa shape index (κ3) is 3.48. The van der Waals surface area contributed by atoms with Crippen LogP contribution in [0.15, 0.2) is 18.2 Å². The van der Waals surface area contributed by atoms with Crippen molar-refractivity contribution >= 4 is 17.3 Å². The molecule has 1 aromatic rings. The highest BCUT2D eigenvalue weighted by Crippen LogP contribution is 2.30. The molecular formula is C17H27ClN2. The van der Waals surface area contributed by atoms with Crippen LogP contribution in [0.4, 0.5) is 5.69 Å². The van der Waals surface area contributed by atoms with Gasteiger partial charge in [-0.15, -0.1) is 0 Å². The molecule has 0 spiro atoms. The molecule has 0 aromatic heterocycles. The third-order valence-electron chi connectivity index (χ3n) is 4.32. The lowest BCUT2D eigenvalue weighted by Crippen LogP contribution is -2.58. The van der Waals surface area contributed by atoms with E-state index in [2.05, 4.69) is 50.0 Å². The molecule has 0 bridgehead atoms. The monoisotopic (exact) mass is 294 g/mol. The molecule has 1 heterocycles. The van der Waals surface area contributed by atoms with E-state index in [0.717, 1.165) is 18.1 Å². The zero-order valence-electron chi connectivity index (χ0n) is 13.1. The SMILES string of the molecule is CCCC1CN(c2cc(Cl)ccc2C)C(C(C)C)CN1. The van der Waals surface area contributed by atoms with Crippen molar-refractivity contribution in [3.8, 4) is 0 Å². The van der Waals surface area contributed by atoms with E-state index in [9.17, 15) is 0 Å². The van der Waals surface area contributed by atoms with Crippen LogP contribution in [0.2, 0.25) is 5.02 Å². The first kappa shape index (κ1) is 15.7. The van der Waals surface area contributed by atoms with E-state index >= 15 is 0 Å². The van der Waals surface area contributed by atoms with Crippen LogP contribution < -0.4 is 10.2 Å². The zero-order valence-corrected chi connectivity index (χ0v) is 13.9. The molecule has 1 aliphatic rings. The number of benzene rings is 1. The summed E-state index contributed by atoms with van der Waals surface area (Å²) in [4.78, 5) is 2.57. The van der Waals surface area contributed by atoms with E-state index < -0.39 is 0 Å². The Morgan fingerprint density at radius 3 is 2.80 bits per heavy atom. The fourth-order valence-electron chi connectivity index (χ4n) is 3.14. The number of anilines is 1. The Hall–Kier alpha value is -0.730. The van der Waals surface area contributed by atoms with Crippen molar-refractivity contribution < 1.29 is 0 Å². The molecule has 1 aliphatic heterocycles. The predicted molar refractivity (Wildman–Crippen MR) is 88.9 cm³/mol. The summed E-state index contributed by atoms with van der Waals surface area (Å²) in [6.45, 7) is 11.2. The number of hydrogen-bond donors (Lipinski definition) is 1. The van der Waals surface area contributed by atoms with Crippen LogP contribution in [0.5, 0.6) is 0 Å². The first-order valence-electron chi connectivity index (χ1n) is 7.79. The molecule has 0 aliphatic carbocycles. The average molecular weight is 295 g/mol. The molecule has 0 amide bonds. The average Bonchev–Trinajstić information content (AvgIpc) is 2.41. The van der Waals surface area contributed by atoms with Crippen molar-refractivity contribution in [3.05, 3.63) is 28.8 Å². The Bertz CT molecular complexity index is 445. The predicted octanol–water partition coefficient (Wildman–Crippen LogP) is 4.25. The molecule has 2 nitrogen and oxygen atoms in total. The minimum absolute atomic E-state index is 0.542. The van der Waals surface area contributed by atoms with Gasteiger partial charge in [0.05, 0.1) is 0 Å². The first-order valence-corrected chi connectivity index (χ1v) is 8.17. The van der Waals surface area contributed by atoms with Crippen LogP contribution in [-0.2, 0) is 0 Å². The summed E-state index contributed by atoms with van der Waals surface area (Å²) >= 11 is 6.22. The van der Waals surface area contributed by atoms with Crippen LogP contribution >= 0.6 is 11.6 Å². The normalized spacial score (nSPS) is 23.4. The summed E-state index contributed by atoms with van der Waals surface area (Å²) in [5.41, 5.74) is 2.62. The van der Waals surface area contributed by atoms with Crippen molar-refractivity contribution in [3.63, 3.8) is 0 Å². The summed E-state index contributed by atoms with van der Waals surface area (Å²) in [6.07, 6.45) is 2.47. The van der Waals surface area contributed by atoms with Crippen molar-refractivity contribution in [2.75, 3.05) is 18.0 Å². The molecule has 3 heteroatoms. The number of aryl methyl sites for hydroxylation is 1. The maximum Gasteiger partial charge on any atom is 0.0438 e. The Balaban J connectivity index is 2.28. The summed E-state index contributed by atoms with van der Waals surface area (Å²) in [6, 6.07) is 7.37. The quantitative estimate of drug-likeness (QED) is 0.893. The first-order chi connectivity index (χ1) is 9.52. The molecular weight excluding hydrogens is 268 g/mol. The van der Waals surface area contributed by atoms with E-state index in [4.69, 9.17) is 11.6 Å². The number of piperazine rings is 1. The van der Waals surface area contributed by atoms with Crippen LogP contribution in [-0.4, -0.2) is 25.2 Å². The van der Waals surface area contributed by atoms with Gasteiger partial charge in [0, 0.05) is 35.9 Å². The fourth-order valence-corrected chi connectivity index (χ4v) is 3.31. The zero-order chi connectivity index (χ0) is 14.7. The van der Waals surface area contributed by atoms with Gasteiger partial charge in [0.1, 0.15) is 0 Å². The second-order valence-corrected chi connectivity index (χ2v) is 6.72. The second-order valence-electron chi connectivity index (χ2n) is 6.29. The van der Waals surface area contributed by atoms with Gasteiger partial charge >= 0.3 is 0 Å². The Morgan fingerprint density at radius 1 is 1.40 bits per heavy atom. The van der Waals surface area contributed by atoms with Crippen LogP contribution in [0.3, 0.4) is 0 Å². The van der Waals surface area contributed by atoms with E-state index in [1.165, 1.54) is 24.1 Å². The molecule has 1 saturated heterocycles.